The van der Waals surface area contributed by atoms with Gasteiger partial charge in [-0.25, -0.2) is 0 Å². The summed E-state index contributed by atoms with van der Waals surface area (Å²) in [5, 5.41) is 2.79. The Labute approximate surface area is 174 Å². The number of nitrogens with zero attached hydrogens (tertiary/aromatic N) is 2. The molecule has 0 spiro atoms. The van der Waals surface area contributed by atoms with Crippen molar-refractivity contribution in [3.05, 3.63) is 93.3 Å². The third-order valence-corrected chi connectivity index (χ3v) is 4.61. The fourth-order valence-electron chi connectivity index (χ4n) is 3.08. The third kappa shape index (κ3) is 5.47. The number of carbonyl (C=O) groups excluding carboxylic acids is 1. The van der Waals surface area contributed by atoms with E-state index in [9.17, 15) is 14.4 Å². The van der Waals surface area contributed by atoms with Crippen molar-refractivity contribution in [2.75, 3.05) is 13.2 Å². The number of aromatic nitrogens is 2. The number of rotatable bonds is 9. The van der Waals surface area contributed by atoms with Crippen LogP contribution < -0.4 is 21.2 Å². The maximum absolute atomic E-state index is 12.5. The zero-order valence-corrected chi connectivity index (χ0v) is 16.9. The van der Waals surface area contributed by atoms with Crippen LogP contribution in [0.25, 0.3) is 5.69 Å². The minimum Gasteiger partial charge on any atom is -0.494 e. The normalized spacial score (nSPS) is 10.6. The Morgan fingerprint density at radius 3 is 2.40 bits per heavy atom. The highest BCUT2D eigenvalue weighted by Gasteiger charge is 2.10. The molecule has 3 rings (SSSR count). The van der Waals surface area contributed by atoms with Gasteiger partial charge in [0.1, 0.15) is 12.3 Å². The molecule has 2 aromatic carbocycles. The second-order valence-corrected chi connectivity index (χ2v) is 6.77. The Morgan fingerprint density at radius 1 is 0.967 bits per heavy atom. The van der Waals surface area contributed by atoms with Gasteiger partial charge in [-0.05, 0) is 49.6 Å². The van der Waals surface area contributed by atoms with Crippen molar-refractivity contribution in [1.29, 1.82) is 0 Å². The lowest BCUT2D eigenvalue weighted by Gasteiger charge is -2.10. The summed E-state index contributed by atoms with van der Waals surface area (Å²) in [7, 11) is 0. The van der Waals surface area contributed by atoms with Gasteiger partial charge >= 0.3 is 11.1 Å². The van der Waals surface area contributed by atoms with E-state index in [0.29, 0.717) is 24.6 Å². The van der Waals surface area contributed by atoms with Crippen molar-refractivity contribution >= 4 is 5.91 Å². The Bertz CT molecular complexity index is 1090. The molecule has 0 saturated heterocycles. The summed E-state index contributed by atoms with van der Waals surface area (Å²) in [6.07, 6.45) is 4.59. The molecule has 1 N–H and O–H groups in total. The fourth-order valence-corrected chi connectivity index (χ4v) is 3.08. The van der Waals surface area contributed by atoms with Crippen molar-refractivity contribution in [2.24, 2.45) is 0 Å². The van der Waals surface area contributed by atoms with Crippen LogP contribution in [0.1, 0.15) is 18.9 Å². The molecule has 0 aliphatic carbocycles. The van der Waals surface area contributed by atoms with E-state index >= 15 is 0 Å². The zero-order valence-electron chi connectivity index (χ0n) is 16.9. The molecule has 1 heterocycles. The zero-order chi connectivity index (χ0) is 21.3. The standard InChI is InChI=1S/C23H25N3O4/c1-2-30-20-12-10-19(11-13-20)26-16-15-25(22(28)23(26)29)17-21(27)24-14-6-9-18-7-4-3-5-8-18/h3-5,7-8,10-13,15-16H,2,6,9,14,17H2,1H3,(H,24,27). The van der Waals surface area contributed by atoms with Crippen molar-refractivity contribution in [2.45, 2.75) is 26.3 Å². The SMILES string of the molecule is CCOc1ccc(-n2ccn(CC(=O)NCCCc3ccccc3)c(=O)c2=O)cc1. The highest BCUT2D eigenvalue weighted by atomic mass is 16.5. The lowest BCUT2D eigenvalue weighted by molar-refractivity contribution is -0.121. The monoisotopic (exact) mass is 407 g/mol. The van der Waals surface area contributed by atoms with Crippen LogP contribution in [0.4, 0.5) is 0 Å². The maximum Gasteiger partial charge on any atom is 0.320 e. The molecule has 0 atom stereocenters. The average molecular weight is 407 g/mol. The molecule has 0 aliphatic rings. The molecule has 0 aliphatic heterocycles. The summed E-state index contributed by atoms with van der Waals surface area (Å²) in [6, 6.07) is 16.9. The molecule has 30 heavy (non-hydrogen) atoms. The first kappa shape index (κ1) is 21.1. The second kappa shape index (κ2) is 10.2. The van der Waals surface area contributed by atoms with Gasteiger partial charge < -0.3 is 10.1 Å². The molecular formula is C23H25N3O4. The van der Waals surface area contributed by atoms with E-state index in [2.05, 4.69) is 5.32 Å². The molecule has 0 bridgehead atoms. The lowest BCUT2D eigenvalue weighted by Crippen LogP contribution is -2.42. The highest BCUT2D eigenvalue weighted by Crippen LogP contribution is 2.13. The molecule has 7 heteroatoms. The van der Waals surface area contributed by atoms with Crippen molar-refractivity contribution < 1.29 is 9.53 Å². The van der Waals surface area contributed by atoms with E-state index in [0.717, 1.165) is 17.4 Å². The maximum atomic E-state index is 12.5. The summed E-state index contributed by atoms with van der Waals surface area (Å²) in [4.78, 5) is 37.0. The largest absolute Gasteiger partial charge is 0.494 e. The summed E-state index contributed by atoms with van der Waals surface area (Å²) in [5.74, 6) is 0.384. The molecule has 0 fully saturated rings. The minimum absolute atomic E-state index is 0.191. The molecule has 7 nitrogen and oxygen atoms in total. The van der Waals surface area contributed by atoms with Crippen LogP contribution in [-0.4, -0.2) is 28.2 Å². The first-order chi connectivity index (χ1) is 14.6. The summed E-state index contributed by atoms with van der Waals surface area (Å²) >= 11 is 0. The highest BCUT2D eigenvalue weighted by molar-refractivity contribution is 5.75. The van der Waals surface area contributed by atoms with Crippen LogP contribution in [0.5, 0.6) is 5.75 Å². The summed E-state index contributed by atoms with van der Waals surface area (Å²) < 4.78 is 7.76. The van der Waals surface area contributed by atoms with Crippen LogP contribution in [0, 0.1) is 0 Å². The number of benzene rings is 2. The Morgan fingerprint density at radius 2 is 1.70 bits per heavy atom. The van der Waals surface area contributed by atoms with Gasteiger partial charge in [-0.1, -0.05) is 30.3 Å². The molecule has 1 amide bonds. The van der Waals surface area contributed by atoms with E-state index in [-0.39, 0.29) is 12.5 Å². The third-order valence-electron chi connectivity index (χ3n) is 4.61. The summed E-state index contributed by atoms with van der Waals surface area (Å²) in [6.45, 7) is 2.75. The molecule has 0 radical (unpaired) electrons. The number of ether oxygens (including phenoxy) is 1. The van der Waals surface area contributed by atoms with Gasteiger partial charge in [0.15, 0.2) is 0 Å². The van der Waals surface area contributed by atoms with Gasteiger partial charge in [0.25, 0.3) is 0 Å². The quantitative estimate of drug-likeness (QED) is 0.435. The van der Waals surface area contributed by atoms with Gasteiger partial charge in [0.05, 0.1) is 6.61 Å². The van der Waals surface area contributed by atoms with Crippen molar-refractivity contribution in [3.8, 4) is 11.4 Å². The van der Waals surface area contributed by atoms with E-state index in [1.807, 2.05) is 37.3 Å². The molecule has 156 valence electrons. The minimum atomic E-state index is -0.745. The first-order valence-electron chi connectivity index (χ1n) is 9.94. The van der Waals surface area contributed by atoms with E-state index < -0.39 is 11.1 Å². The number of hydrogen-bond donors (Lipinski definition) is 1. The van der Waals surface area contributed by atoms with Crippen LogP contribution in [0.15, 0.2) is 76.6 Å². The molecule has 3 aromatic rings. The number of aryl methyl sites for hydroxylation is 1. The lowest BCUT2D eigenvalue weighted by atomic mass is 10.1. The smallest absolute Gasteiger partial charge is 0.320 e. The molecule has 1 aromatic heterocycles. The van der Waals surface area contributed by atoms with Crippen LogP contribution in [0.2, 0.25) is 0 Å². The van der Waals surface area contributed by atoms with Crippen molar-refractivity contribution in [3.63, 3.8) is 0 Å². The Kier molecular flexibility index (Phi) is 7.21. The van der Waals surface area contributed by atoms with Gasteiger partial charge in [-0.3, -0.25) is 23.5 Å². The second-order valence-electron chi connectivity index (χ2n) is 6.77. The van der Waals surface area contributed by atoms with Crippen molar-refractivity contribution in [1.82, 2.24) is 14.5 Å². The van der Waals surface area contributed by atoms with Crippen LogP contribution in [0.3, 0.4) is 0 Å². The Balaban J connectivity index is 1.59. The van der Waals surface area contributed by atoms with Crippen LogP contribution >= 0.6 is 0 Å². The predicted molar refractivity (Wildman–Crippen MR) is 115 cm³/mol. The summed E-state index contributed by atoms with van der Waals surface area (Å²) in [5.41, 5.74) is 0.309. The average Bonchev–Trinajstić information content (AvgIpc) is 2.76. The van der Waals surface area contributed by atoms with Gasteiger partial charge in [0.2, 0.25) is 5.91 Å². The number of hydrogen-bond acceptors (Lipinski definition) is 4. The van der Waals surface area contributed by atoms with Gasteiger partial charge in [-0.2, -0.15) is 0 Å². The Hall–Kier alpha value is -3.61. The van der Waals surface area contributed by atoms with Crippen LogP contribution in [-0.2, 0) is 17.8 Å². The van der Waals surface area contributed by atoms with Gasteiger partial charge in [0, 0.05) is 24.6 Å². The topological polar surface area (TPSA) is 82.3 Å². The van der Waals surface area contributed by atoms with E-state index in [1.165, 1.54) is 22.5 Å². The van der Waals surface area contributed by atoms with E-state index in [1.54, 1.807) is 24.3 Å². The number of amides is 1. The number of carbonyl (C=O) groups is 1. The molecule has 0 unspecified atom stereocenters. The number of nitrogens with one attached hydrogen (secondary N) is 1. The molecule has 0 saturated carbocycles. The predicted octanol–water partition coefficient (Wildman–Crippen LogP) is 2.15. The molecular weight excluding hydrogens is 382 g/mol. The van der Waals surface area contributed by atoms with Gasteiger partial charge in [-0.15, -0.1) is 0 Å². The first-order valence-corrected chi connectivity index (χ1v) is 9.94. The fraction of sp³-hybridized carbons (Fsp3) is 0.261. The van der Waals surface area contributed by atoms with E-state index in [4.69, 9.17) is 4.74 Å².